The van der Waals surface area contributed by atoms with E-state index in [4.69, 9.17) is 5.73 Å². The number of allylic oxidation sites excluding steroid dienone is 2. The van der Waals surface area contributed by atoms with Gasteiger partial charge in [-0.15, -0.1) is 0 Å². The molecule has 5 heteroatoms. The van der Waals surface area contributed by atoms with Gasteiger partial charge in [-0.05, 0) is 59.7 Å². The van der Waals surface area contributed by atoms with E-state index in [-0.39, 0.29) is 17.6 Å². The summed E-state index contributed by atoms with van der Waals surface area (Å²) >= 11 is 0. The van der Waals surface area contributed by atoms with Gasteiger partial charge in [0.2, 0.25) is 11.8 Å². The molecule has 1 aliphatic heterocycles. The minimum absolute atomic E-state index is 0.0432. The Balaban J connectivity index is 0.000000258. The molecular weight excluding hydrogens is 436 g/mol. The maximum Gasteiger partial charge on any atom is 0.248 e. The molecule has 0 aliphatic carbocycles. The lowest BCUT2D eigenvalue weighted by molar-refractivity contribution is -0.143. The van der Waals surface area contributed by atoms with Crippen molar-refractivity contribution in [2.75, 3.05) is 6.54 Å². The second-order valence-corrected chi connectivity index (χ2v) is 8.86. The number of hydrogen-bond donors (Lipinski definition) is 1. The fourth-order valence-electron chi connectivity index (χ4n) is 4.43. The van der Waals surface area contributed by atoms with Gasteiger partial charge in [0.05, 0.1) is 6.04 Å². The van der Waals surface area contributed by atoms with Crippen molar-refractivity contribution in [2.24, 2.45) is 5.73 Å². The van der Waals surface area contributed by atoms with E-state index in [0.29, 0.717) is 18.0 Å². The van der Waals surface area contributed by atoms with Crippen molar-refractivity contribution in [3.8, 4) is 0 Å². The highest BCUT2D eigenvalue weighted by atomic mass is 16.2. The average molecular weight is 473 g/mol. The van der Waals surface area contributed by atoms with E-state index >= 15 is 0 Å². The van der Waals surface area contributed by atoms with E-state index in [2.05, 4.69) is 58.2 Å². The molecule has 184 valence electrons. The van der Waals surface area contributed by atoms with Crippen molar-refractivity contribution in [1.29, 1.82) is 0 Å². The van der Waals surface area contributed by atoms with Crippen LogP contribution >= 0.6 is 0 Å². The summed E-state index contributed by atoms with van der Waals surface area (Å²) in [4.78, 5) is 35.9. The summed E-state index contributed by atoms with van der Waals surface area (Å²) in [5.41, 5.74) is 10.8. The summed E-state index contributed by atoms with van der Waals surface area (Å²) in [6.45, 7) is 15.8. The summed E-state index contributed by atoms with van der Waals surface area (Å²) in [5.74, 6) is -0.238. The quantitative estimate of drug-likeness (QED) is 0.411. The first kappa shape index (κ1) is 27.5. The number of carbonyl (C=O) groups excluding carboxylic acids is 3. The molecule has 35 heavy (non-hydrogen) atoms. The highest BCUT2D eigenvalue weighted by Gasteiger charge is 2.44. The SMILES string of the molecule is C=C/C=C\c1cccc(C(C)C)c1CC.C=CC(=O)N1CC(c2ccc(C(N)=O)cc2)C1C(C)=O. The molecule has 2 amide bonds. The van der Waals surface area contributed by atoms with Gasteiger partial charge in [0.25, 0.3) is 0 Å². The molecule has 3 rings (SSSR count). The Morgan fingerprint density at radius 3 is 2.26 bits per heavy atom. The maximum absolute atomic E-state index is 11.7. The smallest absolute Gasteiger partial charge is 0.248 e. The number of amides is 2. The Hall–Kier alpha value is -3.73. The van der Waals surface area contributed by atoms with Crippen molar-refractivity contribution in [2.45, 2.75) is 52.0 Å². The first-order valence-electron chi connectivity index (χ1n) is 11.9. The molecular formula is C30H36N2O3. The Morgan fingerprint density at radius 2 is 1.77 bits per heavy atom. The fraction of sp³-hybridized carbons (Fsp3) is 0.300. The zero-order valence-electron chi connectivity index (χ0n) is 21.2. The molecule has 2 unspecified atom stereocenters. The minimum atomic E-state index is -0.489. The second kappa shape index (κ2) is 12.7. The molecule has 1 heterocycles. The van der Waals surface area contributed by atoms with Gasteiger partial charge in [-0.1, -0.05) is 82.5 Å². The van der Waals surface area contributed by atoms with Gasteiger partial charge in [0.15, 0.2) is 5.78 Å². The maximum atomic E-state index is 11.7. The third-order valence-electron chi connectivity index (χ3n) is 6.24. The normalized spacial score (nSPS) is 16.8. The van der Waals surface area contributed by atoms with Crippen LogP contribution in [0.15, 0.2) is 73.9 Å². The van der Waals surface area contributed by atoms with E-state index in [1.807, 2.05) is 12.2 Å². The van der Waals surface area contributed by atoms with Crippen molar-refractivity contribution < 1.29 is 14.4 Å². The van der Waals surface area contributed by atoms with Crippen LogP contribution in [0.4, 0.5) is 0 Å². The zero-order chi connectivity index (χ0) is 26.1. The molecule has 1 fully saturated rings. The molecule has 2 aromatic carbocycles. The van der Waals surface area contributed by atoms with Crippen molar-refractivity contribution in [1.82, 2.24) is 4.90 Å². The Kier molecular flexibility index (Phi) is 9.95. The van der Waals surface area contributed by atoms with E-state index in [9.17, 15) is 14.4 Å². The molecule has 5 nitrogen and oxygen atoms in total. The van der Waals surface area contributed by atoms with Crippen LogP contribution in [-0.4, -0.2) is 35.1 Å². The number of carbonyl (C=O) groups is 3. The number of likely N-dealkylation sites (tertiary alicyclic amines) is 1. The van der Waals surface area contributed by atoms with Gasteiger partial charge >= 0.3 is 0 Å². The van der Waals surface area contributed by atoms with E-state index in [1.54, 1.807) is 24.3 Å². The van der Waals surface area contributed by atoms with E-state index in [1.165, 1.54) is 34.6 Å². The zero-order valence-corrected chi connectivity index (χ0v) is 21.2. The second-order valence-electron chi connectivity index (χ2n) is 8.86. The van der Waals surface area contributed by atoms with Crippen LogP contribution < -0.4 is 5.73 Å². The number of Topliss-reactive ketones (excluding diaryl/α,β-unsaturated/α-hetero) is 1. The summed E-state index contributed by atoms with van der Waals surface area (Å²) in [6, 6.07) is 12.9. The van der Waals surface area contributed by atoms with Gasteiger partial charge in [0.1, 0.15) is 0 Å². The summed E-state index contributed by atoms with van der Waals surface area (Å²) in [7, 11) is 0. The van der Waals surface area contributed by atoms with Crippen LogP contribution in [0.2, 0.25) is 0 Å². The van der Waals surface area contributed by atoms with Gasteiger partial charge in [0, 0.05) is 18.0 Å². The average Bonchev–Trinajstić information content (AvgIpc) is 2.81. The van der Waals surface area contributed by atoms with Crippen LogP contribution in [0, 0.1) is 0 Å². The number of nitrogens with zero attached hydrogens (tertiary/aromatic N) is 1. The predicted octanol–water partition coefficient (Wildman–Crippen LogP) is 5.43. The van der Waals surface area contributed by atoms with E-state index < -0.39 is 11.9 Å². The number of hydrogen-bond acceptors (Lipinski definition) is 3. The molecule has 2 N–H and O–H groups in total. The number of primary amides is 1. The Labute approximate surface area is 209 Å². The van der Waals surface area contributed by atoms with Crippen LogP contribution in [-0.2, 0) is 16.0 Å². The molecule has 0 bridgehead atoms. The lowest BCUT2D eigenvalue weighted by Crippen LogP contribution is -2.59. The molecule has 2 aromatic rings. The monoisotopic (exact) mass is 472 g/mol. The third kappa shape index (κ3) is 6.66. The molecule has 0 saturated carbocycles. The Morgan fingerprint density at radius 1 is 1.11 bits per heavy atom. The number of nitrogens with two attached hydrogens (primary N) is 1. The summed E-state index contributed by atoms with van der Waals surface area (Å²) in [5, 5.41) is 0. The highest BCUT2D eigenvalue weighted by molar-refractivity contribution is 5.95. The lowest BCUT2D eigenvalue weighted by atomic mass is 9.80. The standard InChI is InChI=1S/C15H16N2O3.C15H20/c1-3-13(19)17-8-12(14(17)9(2)18)10-4-6-11(7-5-10)15(16)20;1-5-7-9-13-10-8-11-15(12(3)4)14(13)6-2/h3-7,12,14H,1,8H2,2H3,(H2,16,20);5,7-12H,1,6H2,2-4H3/b;9-7-. The predicted molar refractivity (Wildman–Crippen MR) is 143 cm³/mol. The Bertz CT molecular complexity index is 1110. The molecule has 2 atom stereocenters. The molecule has 1 saturated heterocycles. The topological polar surface area (TPSA) is 80.5 Å². The third-order valence-corrected chi connectivity index (χ3v) is 6.24. The van der Waals surface area contributed by atoms with Crippen LogP contribution in [0.3, 0.4) is 0 Å². The summed E-state index contributed by atoms with van der Waals surface area (Å²) < 4.78 is 0. The largest absolute Gasteiger partial charge is 0.366 e. The van der Waals surface area contributed by atoms with E-state index in [0.717, 1.165) is 12.0 Å². The molecule has 0 aromatic heterocycles. The van der Waals surface area contributed by atoms with Crippen molar-refractivity contribution >= 4 is 23.7 Å². The van der Waals surface area contributed by atoms with Crippen LogP contribution in [0.25, 0.3) is 6.08 Å². The minimum Gasteiger partial charge on any atom is -0.366 e. The number of ketones is 1. The summed E-state index contributed by atoms with van der Waals surface area (Å²) in [6.07, 6.45) is 8.26. The molecule has 0 spiro atoms. The van der Waals surface area contributed by atoms with Gasteiger partial charge in [-0.3, -0.25) is 14.4 Å². The number of rotatable bonds is 8. The first-order valence-corrected chi connectivity index (χ1v) is 11.9. The van der Waals surface area contributed by atoms with Crippen molar-refractivity contribution in [3.05, 3.63) is 102 Å². The fourth-order valence-corrected chi connectivity index (χ4v) is 4.43. The molecule has 0 radical (unpaired) electrons. The van der Waals surface area contributed by atoms with Gasteiger partial charge in [-0.2, -0.15) is 0 Å². The highest BCUT2D eigenvalue weighted by Crippen LogP contribution is 2.35. The van der Waals surface area contributed by atoms with Gasteiger partial charge in [-0.25, -0.2) is 0 Å². The number of benzene rings is 2. The van der Waals surface area contributed by atoms with Crippen molar-refractivity contribution in [3.63, 3.8) is 0 Å². The lowest BCUT2D eigenvalue weighted by Gasteiger charge is -2.46. The molecule has 1 aliphatic rings. The first-order chi connectivity index (χ1) is 16.7. The van der Waals surface area contributed by atoms with Crippen LogP contribution in [0.5, 0.6) is 0 Å². The van der Waals surface area contributed by atoms with Crippen LogP contribution in [0.1, 0.15) is 72.1 Å². The van der Waals surface area contributed by atoms with Gasteiger partial charge < -0.3 is 10.6 Å².